The van der Waals surface area contributed by atoms with Crippen LogP contribution in [0.2, 0.25) is 0 Å². The van der Waals surface area contributed by atoms with E-state index in [1.54, 1.807) is 0 Å². The van der Waals surface area contributed by atoms with Crippen LogP contribution in [-0.2, 0) is 0 Å². The first-order chi connectivity index (χ1) is 7.91. The van der Waals surface area contributed by atoms with Gasteiger partial charge in [-0.05, 0) is 32.1 Å². The molecule has 0 spiro atoms. The Morgan fingerprint density at radius 3 is 2.00 bits per heavy atom. The fourth-order valence-electron chi connectivity index (χ4n) is 1.74. The van der Waals surface area contributed by atoms with Gasteiger partial charge in [0.2, 0.25) is 0 Å². The molecule has 16 heavy (non-hydrogen) atoms. The van der Waals surface area contributed by atoms with E-state index in [-0.39, 0.29) is 0 Å². The second kappa shape index (κ2) is 14.2. The molecule has 0 aliphatic heterocycles. The second-order valence-corrected chi connectivity index (χ2v) is 4.43. The maximum Gasteiger partial charge on any atom is 0.0621 e. The van der Waals surface area contributed by atoms with Crippen molar-refractivity contribution in [3.05, 3.63) is 12.2 Å². The van der Waals surface area contributed by atoms with Crippen LogP contribution in [0.15, 0.2) is 12.2 Å². The summed E-state index contributed by atoms with van der Waals surface area (Å²) in [4.78, 5) is 0. The minimum atomic E-state index is 0.714. The number of hydrogen-bond donors (Lipinski definition) is 0. The number of rotatable bonds is 11. The van der Waals surface area contributed by atoms with E-state index in [2.05, 4.69) is 25.1 Å². The summed E-state index contributed by atoms with van der Waals surface area (Å²) in [5.41, 5.74) is 0. The molecule has 0 rings (SSSR count). The molecule has 0 saturated carbocycles. The average Bonchev–Trinajstić information content (AvgIpc) is 2.31. The molecule has 0 fully saturated rings. The van der Waals surface area contributed by atoms with Gasteiger partial charge in [-0.15, -0.1) is 0 Å². The maximum absolute atomic E-state index is 8.36. The first-order valence-corrected chi connectivity index (χ1v) is 6.93. The van der Waals surface area contributed by atoms with Crippen molar-refractivity contribution in [2.24, 2.45) is 0 Å². The molecule has 0 aromatic heterocycles. The summed E-state index contributed by atoms with van der Waals surface area (Å²) < 4.78 is 0. The Morgan fingerprint density at radius 1 is 0.812 bits per heavy atom. The third-order valence-electron chi connectivity index (χ3n) is 2.80. The van der Waals surface area contributed by atoms with E-state index in [1.165, 1.54) is 51.4 Å². The molecule has 0 aromatic rings. The van der Waals surface area contributed by atoms with E-state index in [4.69, 9.17) is 5.26 Å². The predicted octanol–water partition coefficient (Wildman–Crippen LogP) is 5.38. The minimum absolute atomic E-state index is 0.714. The summed E-state index contributed by atoms with van der Waals surface area (Å²) in [5, 5.41) is 8.36. The smallest absolute Gasteiger partial charge is 0.0621 e. The van der Waals surface area contributed by atoms with Crippen LogP contribution >= 0.6 is 0 Å². The van der Waals surface area contributed by atoms with Crippen LogP contribution in [0.25, 0.3) is 0 Å². The van der Waals surface area contributed by atoms with Gasteiger partial charge in [0.15, 0.2) is 0 Å². The zero-order valence-corrected chi connectivity index (χ0v) is 10.9. The first-order valence-electron chi connectivity index (χ1n) is 6.93. The topological polar surface area (TPSA) is 23.8 Å². The molecule has 0 heterocycles. The summed E-state index contributed by atoms with van der Waals surface area (Å²) in [6, 6.07) is 2.18. The third-order valence-corrected chi connectivity index (χ3v) is 2.80. The van der Waals surface area contributed by atoms with Crippen molar-refractivity contribution < 1.29 is 0 Å². The molecule has 0 unspecified atom stereocenters. The van der Waals surface area contributed by atoms with Crippen LogP contribution in [0.5, 0.6) is 0 Å². The van der Waals surface area contributed by atoms with Gasteiger partial charge < -0.3 is 0 Å². The van der Waals surface area contributed by atoms with Crippen molar-refractivity contribution >= 4 is 0 Å². The lowest BCUT2D eigenvalue weighted by Crippen LogP contribution is -1.78. The molecular weight excluding hydrogens is 194 g/mol. The number of allylic oxidation sites excluding steroid dienone is 2. The van der Waals surface area contributed by atoms with E-state index in [9.17, 15) is 0 Å². The summed E-state index contributed by atoms with van der Waals surface area (Å²) in [6.07, 6.45) is 18.2. The molecule has 0 aliphatic rings. The Hall–Kier alpha value is -0.770. The maximum atomic E-state index is 8.36. The molecule has 0 saturated heterocycles. The van der Waals surface area contributed by atoms with Gasteiger partial charge in [0.1, 0.15) is 0 Å². The number of nitrogens with zero attached hydrogens (tertiary/aromatic N) is 1. The molecule has 0 bridgehead atoms. The summed E-state index contributed by atoms with van der Waals surface area (Å²) in [5.74, 6) is 0. The van der Waals surface area contributed by atoms with Gasteiger partial charge in [-0.25, -0.2) is 0 Å². The summed E-state index contributed by atoms with van der Waals surface area (Å²) in [7, 11) is 0. The van der Waals surface area contributed by atoms with Gasteiger partial charge in [0.05, 0.1) is 6.07 Å². The molecule has 1 heteroatoms. The second-order valence-electron chi connectivity index (χ2n) is 4.43. The molecule has 92 valence electrons. The van der Waals surface area contributed by atoms with Crippen molar-refractivity contribution in [2.75, 3.05) is 0 Å². The Balaban J connectivity index is 3.01. The molecule has 0 aromatic carbocycles. The lowest BCUT2D eigenvalue weighted by molar-refractivity contribution is 0.611. The quantitative estimate of drug-likeness (QED) is 0.339. The molecule has 0 aliphatic carbocycles. The Kier molecular flexibility index (Phi) is 13.5. The third kappa shape index (κ3) is 13.2. The van der Waals surface area contributed by atoms with Crippen molar-refractivity contribution in [2.45, 2.75) is 77.6 Å². The Morgan fingerprint density at radius 2 is 1.38 bits per heavy atom. The molecular formula is C15H27N. The van der Waals surface area contributed by atoms with Crippen molar-refractivity contribution in [3.63, 3.8) is 0 Å². The van der Waals surface area contributed by atoms with E-state index in [0.29, 0.717) is 6.42 Å². The fraction of sp³-hybridized carbons (Fsp3) is 0.800. The highest BCUT2D eigenvalue weighted by Crippen LogP contribution is 2.07. The lowest BCUT2D eigenvalue weighted by atomic mass is 10.1. The van der Waals surface area contributed by atoms with Crippen LogP contribution in [0.1, 0.15) is 77.6 Å². The minimum Gasteiger partial charge on any atom is -0.198 e. The normalized spacial score (nSPS) is 10.8. The summed E-state index contributed by atoms with van der Waals surface area (Å²) in [6.45, 7) is 2.26. The van der Waals surface area contributed by atoms with Crippen LogP contribution in [-0.4, -0.2) is 0 Å². The number of unbranched alkanes of at least 4 members (excludes halogenated alkanes) is 9. The van der Waals surface area contributed by atoms with Crippen LogP contribution in [0.3, 0.4) is 0 Å². The highest BCUT2D eigenvalue weighted by atomic mass is 14.2. The van der Waals surface area contributed by atoms with Gasteiger partial charge in [-0.2, -0.15) is 5.26 Å². The highest BCUT2D eigenvalue weighted by molar-refractivity contribution is 4.81. The van der Waals surface area contributed by atoms with E-state index >= 15 is 0 Å². The highest BCUT2D eigenvalue weighted by Gasteiger charge is 1.88. The molecule has 0 N–H and O–H groups in total. The fourth-order valence-corrected chi connectivity index (χ4v) is 1.74. The average molecular weight is 221 g/mol. The van der Waals surface area contributed by atoms with Crippen LogP contribution < -0.4 is 0 Å². The lowest BCUT2D eigenvalue weighted by Gasteiger charge is -1.97. The van der Waals surface area contributed by atoms with Crippen molar-refractivity contribution in [1.82, 2.24) is 0 Å². The largest absolute Gasteiger partial charge is 0.198 e. The monoisotopic (exact) mass is 221 g/mol. The molecule has 0 radical (unpaired) electrons. The first kappa shape index (κ1) is 15.2. The number of nitriles is 1. The number of hydrogen-bond acceptors (Lipinski definition) is 1. The van der Waals surface area contributed by atoms with Crippen molar-refractivity contribution in [1.29, 1.82) is 5.26 Å². The summed E-state index contributed by atoms with van der Waals surface area (Å²) >= 11 is 0. The van der Waals surface area contributed by atoms with E-state index in [1.807, 2.05) is 0 Å². The van der Waals surface area contributed by atoms with Gasteiger partial charge in [0, 0.05) is 6.42 Å². The standard InChI is InChI=1S/C15H27N/c1-2-3-4-5-6-7-8-9-10-11-12-13-14-15-16/h9-10H,2-8,11-14H2,1H3. The predicted molar refractivity (Wildman–Crippen MR) is 71.2 cm³/mol. The SMILES string of the molecule is CCCCCCCCC=CCCCCC#N. The van der Waals surface area contributed by atoms with Gasteiger partial charge in [0.25, 0.3) is 0 Å². The van der Waals surface area contributed by atoms with Crippen LogP contribution in [0.4, 0.5) is 0 Å². The zero-order chi connectivity index (χ0) is 11.9. The Labute approximate surface area is 102 Å². The Bertz CT molecular complexity index is 188. The van der Waals surface area contributed by atoms with Gasteiger partial charge in [-0.3, -0.25) is 0 Å². The van der Waals surface area contributed by atoms with E-state index < -0.39 is 0 Å². The molecule has 0 amide bonds. The van der Waals surface area contributed by atoms with Gasteiger partial charge in [-0.1, -0.05) is 51.2 Å². The molecule has 1 nitrogen and oxygen atoms in total. The zero-order valence-electron chi connectivity index (χ0n) is 10.9. The van der Waals surface area contributed by atoms with E-state index in [0.717, 1.165) is 12.8 Å². The van der Waals surface area contributed by atoms with Gasteiger partial charge >= 0.3 is 0 Å². The molecule has 0 atom stereocenters. The van der Waals surface area contributed by atoms with Crippen LogP contribution in [0, 0.1) is 11.3 Å². The van der Waals surface area contributed by atoms with Crippen molar-refractivity contribution in [3.8, 4) is 6.07 Å².